The van der Waals surface area contributed by atoms with Crippen LogP contribution in [0.1, 0.15) is 21.5 Å². The summed E-state index contributed by atoms with van der Waals surface area (Å²) in [7, 11) is 1.58. The van der Waals surface area contributed by atoms with Crippen LogP contribution in [0.2, 0.25) is 5.28 Å². The molecule has 0 fully saturated rings. The molecular weight excluding hydrogens is 290 g/mol. The van der Waals surface area contributed by atoms with Crippen molar-refractivity contribution in [3.05, 3.63) is 46.4 Å². The van der Waals surface area contributed by atoms with Gasteiger partial charge in [-0.15, -0.1) is 0 Å². The lowest BCUT2D eigenvalue weighted by Gasteiger charge is -2.15. The van der Waals surface area contributed by atoms with Crippen LogP contribution in [-0.4, -0.2) is 22.9 Å². The van der Waals surface area contributed by atoms with Gasteiger partial charge in [-0.2, -0.15) is 4.98 Å². The highest BCUT2D eigenvalue weighted by molar-refractivity contribution is 6.28. The third kappa shape index (κ3) is 3.48. The maximum atomic E-state index is 12.4. The minimum atomic E-state index is -0.342. The predicted octanol–water partition coefficient (Wildman–Crippen LogP) is 2.31. The van der Waals surface area contributed by atoms with Crippen LogP contribution < -0.4 is 16.2 Å². The van der Waals surface area contributed by atoms with E-state index in [0.717, 1.165) is 16.8 Å². The van der Waals surface area contributed by atoms with E-state index in [1.165, 1.54) is 11.2 Å². The van der Waals surface area contributed by atoms with E-state index in [2.05, 4.69) is 15.3 Å². The van der Waals surface area contributed by atoms with E-state index in [1.54, 1.807) is 7.05 Å². The predicted molar refractivity (Wildman–Crippen MR) is 83.5 cm³/mol. The maximum absolute atomic E-state index is 12.4. The number of halogens is 1. The summed E-state index contributed by atoms with van der Waals surface area (Å²) in [5, 5.41) is 4.08. The molecule has 0 aliphatic carbocycles. The first-order valence-electron chi connectivity index (χ1n) is 6.28. The summed E-state index contributed by atoms with van der Waals surface area (Å²) >= 11 is 5.73. The quantitative estimate of drug-likeness (QED) is 0.516. The van der Waals surface area contributed by atoms with Gasteiger partial charge in [0.05, 0.1) is 0 Å². The average Bonchev–Trinajstić information content (AvgIpc) is 2.41. The van der Waals surface area contributed by atoms with Gasteiger partial charge in [0.25, 0.3) is 5.91 Å². The average molecular weight is 306 g/mol. The Hall–Kier alpha value is -2.18. The molecule has 110 valence electrons. The lowest BCUT2D eigenvalue weighted by atomic mass is 10.1. The summed E-state index contributed by atoms with van der Waals surface area (Å²) in [5.41, 5.74) is 3.08. The number of carbonyl (C=O) groups excluding carboxylic acids is 1. The molecule has 21 heavy (non-hydrogen) atoms. The van der Waals surface area contributed by atoms with Crippen LogP contribution in [0.15, 0.2) is 24.4 Å². The molecule has 0 aliphatic rings. The van der Waals surface area contributed by atoms with Crippen molar-refractivity contribution in [2.45, 2.75) is 13.8 Å². The standard InChI is InChI=1S/C14H16ClN5O/c1-8-4-5-11(9(2)6-8)18-13(21)10-7-17-14(15)19-12(10)20(3)16/h4-7H,16H2,1-3H3,(H,18,21). The molecule has 1 heterocycles. The highest BCUT2D eigenvalue weighted by atomic mass is 35.5. The monoisotopic (exact) mass is 305 g/mol. The Morgan fingerprint density at radius 3 is 2.71 bits per heavy atom. The number of amides is 1. The largest absolute Gasteiger partial charge is 0.322 e. The Labute approximate surface area is 127 Å². The minimum Gasteiger partial charge on any atom is -0.322 e. The fourth-order valence-corrected chi connectivity index (χ4v) is 2.05. The van der Waals surface area contributed by atoms with Crippen molar-refractivity contribution in [2.24, 2.45) is 5.84 Å². The number of hydrogen-bond acceptors (Lipinski definition) is 5. The fourth-order valence-electron chi connectivity index (χ4n) is 1.92. The molecule has 7 heteroatoms. The van der Waals surface area contributed by atoms with Gasteiger partial charge in [-0.25, -0.2) is 10.8 Å². The molecular formula is C14H16ClN5O. The van der Waals surface area contributed by atoms with E-state index in [9.17, 15) is 4.79 Å². The lowest BCUT2D eigenvalue weighted by Crippen LogP contribution is -2.29. The summed E-state index contributed by atoms with van der Waals surface area (Å²) in [4.78, 5) is 20.2. The molecule has 1 aromatic carbocycles. The zero-order chi connectivity index (χ0) is 15.6. The Balaban J connectivity index is 2.32. The van der Waals surface area contributed by atoms with Crippen LogP contribution in [0.4, 0.5) is 11.5 Å². The van der Waals surface area contributed by atoms with Gasteiger partial charge in [-0.05, 0) is 37.1 Å². The van der Waals surface area contributed by atoms with Crippen LogP contribution in [0.3, 0.4) is 0 Å². The van der Waals surface area contributed by atoms with Gasteiger partial charge in [0.2, 0.25) is 5.28 Å². The number of aromatic nitrogens is 2. The molecule has 0 atom stereocenters. The summed E-state index contributed by atoms with van der Waals surface area (Å²) in [6.45, 7) is 3.92. The summed E-state index contributed by atoms with van der Waals surface area (Å²) in [6.07, 6.45) is 1.35. The van der Waals surface area contributed by atoms with Gasteiger partial charge in [0, 0.05) is 18.9 Å². The number of rotatable bonds is 3. The minimum absolute atomic E-state index is 0.0327. The summed E-state index contributed by atoms with van der Waals surface area (Å²) < 4.78 is 0. The third-order valence-electron chi connectivity index (χ3n) is 2.95. The molecule has 0 saturated heterocycles. The van der Waals surface area contributed by atoms with Crippen LogP contribution in [-0.2, 0) is 0 Å². The van der Waals surface area contributed by atoms with E-state index in [0.29, 0.717) is 0 Å². The van der Waals surface area contributed by atoms with Crippen molar-refractivity contribution in [1.82, 2.24) is 9.97 Å². The second-order valence-electron chi connectivity index (χ2n) is 4.76. The molecule has 2 rings (SSSR count). The number of anilines is 2. The zero-order valence-electron chi connectivity index (χ0n) is 12.0. The van der Waals surface area contributed by atoms with Crippen molar-refractivity contribution < 1.29 is 4.79 Å². The van der Waals surface area contributed by atoms with E-state index < -0.39 is 0 Å². The van der Waals surface area contributed by atoms with Crippen LogP contribution in [0.5, 0.6) is 0 Å². The molecule has 0 saturated carbocycles. The maximum Gasteiger partial charge on any atom is 0.261 e. The SMILES string of the molecule is Cc1ccc(NC(=O)c2cnc(Cl)nc2N(C)N)c(C)c1. The molecule has 1 amide bonds. The normalized spacial score (nSPS) is 10.3. The first kappa shape index (κ1) is 15.2. The van der Waals surface area contributed by atoms with Crippen molar-refractivity contribution in [2.75, 3.05) is 17.4 Å². The van der Waals surface area contributed by atoms with E-state index in [-0.39, 0.29) is 22.6 Å². The number of aryl methyl sites for hydroxylation is 2. The zero-order valence-corrected chi connectivity index (χ0v) is 12.8. The van der Waals surface area contributed by atoms with Crippen LogP contribution in [0.25, 0.3) is 0 Å². The second kappa shape index (κ2) is 6.07. The molecule has 0 aliphatic heterocycles. The Morgan fingerprint density at radius 1 is 1.38 bits per heavy atom. The van der Waals surface area contributed by atoms with Crippen molar-refractivity contribution in [3.63, 3.8) is 0 Å². The van der Waals surface area contributed by atoms with Gasteiger partial charge in [-0.1, -0.05) is 17.7 Å². The highest BCUT2D eigenvalue weighted by Gasteiger charge is 2.17. The number of hydrazine groups is 1. The number of nitrogens with zero attached hydrogens (tertiary/aromatic N) is 3. The van der Waals surface area contributed by atoms with Gasteiger partial charge < -0.3 is 5.32 Å². The molecule has 6 nitrogen and oxygen atoms in total. The van der Waals surface area contributed by atoms with Gasteiger partial charge in [0.1, 0.15) is 5.56 Å². The van der Waals surface area contributed by atoms with E-state index in [4.69, 9.17) is 17.4 Å². The Kier molecular flexibility index (Phi) is 4.40. The van der Waals surface area contributed by atoms with Gasteiger partial charge in [-0.3, -0.25) is 9.80 Å². The number of benzene rings is 1. The number of carbonyl (C=O) groups is 1. The molecule has 0 spiro atoms. The molecule has 0 bridgehead atoms. The topological polar surface area (TPSA) is 84.1 Å². The molecule has 2 aromatic rings. The molecule has 1 aromatic heterocycles. The lowest BCUT2D eigenvalue weighted by molar-refractivity contribution is 0.102. The Bertz CT molecular complexity index is 687. The van der Waals surface area contributed by atoms with Crippen molar-refractivity contribution in [1.29, 1.82) is 0 Å². The van der Waals surface area contributed by atoms with Crippen LogP contribution >= 0.6 is 11.6 Å². The third-order valence-corrected chi connectivity index (χ3v) is 3.13. The first-order valence-corrected chi connectivity index (χ1v) is 6.66. The first-order chi connectivity index (χ1) is 9.88. The fraction of sp³-hybridized carbons (Fsp3) is 0.214. The van der Waals surface area contributed by atoms with Crippen molar-refractivity contribution >= 4 is 29.0 Å². The van der Waals surface area contributed by atoms with Crippen LogP contribution in [0, 0.1) is 13.8 Å². The van der Waals surface area contributed by atoms with Gasteiger partial charge in [0.15, 0.2) is 5.82 Å². The summed E-state index contributed by atoms with van der Waals surface area (Å²) in [5.74, 6) is 5.59. The number of nitrogens with one attached hydrogen (secondary N) is 1. The molecule has 0 radical (unpaired) electrons. The number of hydrogen-bond donors (Lipinski definition) is 2. The van der Waals surface area contributed by atoms with Gasteiger partial charge >= 0.3 is 0 Å². The van der Waals surface area contributed by atoms with E-state index >= 15 is 0 Å². The number of nitrogens with two attached hydrogens (primary N) is 1. The molecule has 3 N–H and O–H groups in total. The van der Waals surface area contributed by atoms with Crippen molar-refractivity contribution in [3.8, 4) is 0 Å². The summed E-state index contributed by atoms with van der Waals surface area (Å²) in [6, 6.07) is 5.77. The Morgan fingerprint density at radius 2 is 2.10 bits per heavy atom. The molecule has 0 unspecified atom stereocenters. The second-order valence-corrected chi connectivity index (χ2v) is 5.10. The van der Waals surface area contributed by atoms with E-state index in [1.807, 2.05) is 32.0 Å². The highest BCUT2D eigenvalue weighted by Crippen LogP contribution is 2.20. The smallest absolute Gasteiger partial charge is 0.261 e.